The first-order valence-electron chi connectivity index (χ1n) is 5.75. The van der Waals surface area contributed by atoms with Crippen molar-refractivity contribution in [3.63, 3.8) is 0 Å². The zero-order chi connectivity index (χ0) is 10.9. The van der Waals surface area contributed by atoms with E-state index >= 15 is 0 Å². The summed E-state index contributed by atoms with van der Waals surface area (Å²) in [5, 5.41) is 3.39. The van der Waals surface area contributed by atoms with Crippen molar-refractivity contribution in [2.75, 3.05) is 19.7 Å². The van der Waals surface area contributed by atoms with Crippen molar-refractivity contribution in [1.82, 2.24) is 5.32 Å². The van der Waals surface area contributed by atoms with Crippen LogP contribution in [0.25, 0.3) is 0 Å². The highest BCUT2D eigenvalue weighted by atomic mass is 16.5. The van der Waals surface area contributed by atoms with E-state index in [1.54, 1.807) is 0 Å². The molecule has 0 bridgehead atoms. The van der Waals surface area contributed by atoms with Crippen molar-refractivity contribution in [2.45, 2.75) is 26.4 Å². The molecule has 0 heterocycles. The van der Waals surface area contributed by atoms with Gasteiger partial charge in [0, 0.05) is 13.2 Å². The fraction of sp³-hybridized carbons (Fsp3) is 0.538. The second-order valence-electron chi connectivity index (χ2n) is 3.56. The van der Waals surface area contributed by atoms with Gasteiger partial charge in [0.15, 0.2) is 0 Å². The number of ether oxygens (including phenoxy) is 1. The average Bonchev–Trinajstić information content (AvgIpc) is 2.29. The summed E-state index contributed by atoms with van der Waals surface area (Å²) in [5.74, 6) is 0. The minimum absolute atomic E-state index is 0.183. The Balaban J connectivity index is 2.50. The first kappa shape index (κ1) is 12.2. The van der Waals surface area contributed by atoms with Crippen LogP contribution in [0.3, 0.4) is 0 Å². The molecule has 2 heteroatoms. The fourth-order valence-corrected chi connectivity index (χ4v) is 1.55. The third-order valence-electron chi connectivity index (χ3n) is 2.30. The number of nitrogens with one attached hydrogen (secondary N) is 1. The van der Waals surface area contributed by atoms with Gasteiger partial charge in [0.2, 0.25) is 0 Å². The van der Waals surface area contributed by atoms with E-state index in [1.165, 1.54) is 5.56 Å². The quantitative estimate of drug-likeness (QED) is 0.694. The second-order valence-corrected chi connectivity index (χ2v) is 3.56. The van der Waals surface area contributed by atoms with Gasteiger partial charge in [-0.1, -0.05) is 37.3 Å². The lowest BCUT2D eigenvalue weighted by Crippen LogP contribution is -2.24. The summed E-state index contributed by atoms with van der Waals surface area (Å²) >= 11 is 0. The van der Waals surface area contributed by atoms with E-state index in [4.69, 9.17) is 4.74 Å². The van der Waals surface area contributed by atoms with Crippen LogP contribution in [0.15, 0.2) is 30.3 Å². The van der Waals surface area contributed by atoms with Gasteiger partial charge in [-0.25, -0.2) is 0 Å². The normalized spacial score (nSPS) is 12.7. The summed E-state index contributed by atoms with van der Waals surface area (Å²) in [6.07, 6.45) is 1.34. The third-order valence-corrected chi connectivity index (χ3v) is 2.30. The molecular weight excluding hydrogens is 186 g/mol. The molecule has 0 aliphatic heterocycles. The van der Waals surface area contributed by atoms with Gasteiger partial charge in [-0.2, -0.15) is 0 Å². The molecule has 0 amide bonds. The Morgan fingerprint density at radius 3 is 2.53 bits per heavy atom. The Hall–Kier alpha value is -0.860. The van der Waals surface area contributed by atoms with Crippen molar-refractivity contribution < 1.29 is 4.74 Å². The van der Waals surface area contributed by atoms with Crippen molar-refractivity contribution in [2.24, 2.45) is 0 Å². The Morgan fingerprint density at radius 1 is 1.20 bits per heavy atom. The zero-order valence-electron chi connectivity index (χ0n) is 9.70. The molecule has 1 aromatic carbocycles. The van der Waals surface area contributed by atoms with Crippen LogP contribution < -0.4 is 5.32 Å². The van der Waals surface area contributed by atoms with Crippen LogP contribution in [0.4, 0.5) is 0 Å². The van der Waals surface area contributed by atoms with Crippen LogP contribution in [0.2, 0.25) is 0 Å². The monoisotopic (exact) mass is 207 g/mol. The molecule has 1 atom stereocenters. The van der Waals surface area contributed by atoms with Crippen LogP contribution in [0, 0.1) is 0 Å². The molecule has 0 aliphatic rings. The number of hydrogen-bond acceptors (Lipinski definition) is 2. The molecule has 1 unspecified atom stereocenters. The van der Waals surface area contributed by atoms with Gasteiger partial charge in [0.25, 0.3) is 0 Å². The molecule has 0 aromatic heterocycles. The van der Waals surface area contributed by atoms with Gasteiger partial charge in [-0.3, -0.25) is 0 Å². The van der Waals surface area contributed by atoms with Crippen LogP contribution in [-0.4, -0.2) is 19.7 Å². The van der Waals surface area contributed by atoms with E-state index in [0.717, 1.165) is 26.1 Å². The highest BCUT2D eigenvalue weighted by molar-refractivity contribution is 5.17. The van der Waals surface area contributed by atoms with Gasteiger partial charge >= 0.3 is 0 Å². The van der Waals surface area contributed by atoms with E-state index in [2.05, 4.69) is 36.5 Å². The maximum Gasteiger partial charge on any atom is 0.0949 e. The lowest BCUT2D eigenvalue weighted by Gasteiger charge is -2.17. The summed E-state index contributed by atoms with van der Waals surface area (Å²) in [6.45, 7) is 6.91. The molecule has 0 spiro atoms. The summed E-state index contributed by atoms with van der Waals surface area (Å²) in [7, 11) is 0. The van der Waals surface area contributed by atoms with Crippen LogP contribution in [-0.2, 0) is 4.74 Å². The van der Waals surface area contributed by atoms with Gasteiger partial charge in [-0.15, -0.1) is 0 Å². The van der Waals surface area contributed by atoms with Gasteiger partial charge in [-0.05, 0) is 25.5 Å². The van der Waals surface area contributed by atoms with Crippen LogP contribution in [0.1, 0.15) is 31.9 Å². The van der Waals surface area contributed by atoms with E-state index in [1.807, 2.05) is 13.0 Å². The number of rotatable bonds is 7. The molecule has 0 saturated carbocycles. The predicted octanol–water partition coefficient (Wildman–Crippen LogP) is 2.76. The van der Waals surface area contributed by atoms with E-state index in [9.17, 15) is 0 Å². The zero-order valence-corrected chi connectivity index (χ0v) is 9.70. The summed E-state index contributed by atoms with van der Waals surface area (Å²) < 4.78 is 5.71. The molecule has 84 valence electrons. The molecule has 0 radical (unpaired) electrons. The summed E-state index contributed by atoms with van der Waals surface area (Å²) in [4.78, 5) is 0. The maximum atomic E-state index is 5.71. The largest absolute Gasteiger partial charge is 0.372 e. The molecule has 1 aromatic rings. The third kappa shape index (κ3) is 4.45. The molecule has 0 aliphatic carbocycles. The standard InChI is InChI=1S/C13H21NO/c1-3-10-14-11-13(15-4-2)12-8-6-5-7-9-12/h5-9,13-14H,3-4,10-11H2,1-2H3. The van der Waals surface area contributed by atoms with E-state index < -0.39 is 0 Å². The average molecular weight is 207 g/mol. The molecule has 1 N–H and O–H groups in total. The fourth-order valence-electron chi connectivity index (χ4n) is 1.55. The van der Waals surface area contributed by atoms with Gasteiger partial charge in [0.1, 0.15) is 0 Å². The minimum atomic E-state index is 0.183. The SMILES string of the molecule is CCCNCC(OCC)c1ccccc1. The van der Waals surface area contributed by atoms with Crippen molar-refractivity contribution >= 4 is 0 Å². The first-order chi connectivity index (χ1) is 7.38. The van der Waals surface area contributed by atoms with Crippen LogP contribution in [0.5, 0.6) is 0 Å². The number of benzene rings is 1. The molecule has 0 saturated heterocycles. The highest BCUT2D eigenvalue weighted by Crippen LogP contribution is 2.15. The molecule has 15 heavy (non-hydrogen) atoms. The Morgan fingerprint density at radius 2 is 1.93 bits per heavy atom. The van der Waals surface area contributed by atoms with Gasteiger partial charge in [0.05, 0.1) is 6.10 Å². The van der Waals surface area contributed by atoms with Crippen molar-refractivity contribution in [3.05, 3.63) is 35.9 Å². The summed E-state index contributed by atoms with van der Waals surface area (Å²) in [5.41, 5.74) is 1.25. The second kappa shape index (κ2) is 7.43. The topological polar surface area (TPSA) is 21.3 Å². The Kier molecular flexibility index (Phi) is 6.05. The molecule has 1 rings (SSSR count). The predicted molar refractivity (Wildman–Crippen MR) is 64.0 cm³/mol. The Bertz CT molecular complexity index is 248. The Labute approximate surface area is 92.6 Å². The van der Waals surface area contributed by atoms with E-state index in [-0.39, 0.29) is 6.10 Å². The molecular formula is C13H21NO. The minimum Gasteiger partial charge on any atom is -0.372 e. The van der Waals surface area contributed by atoms with Crippen molar-refractivity contribution in [3.8, 4) is 0 Å². The highest BCUT2D eigenvalue weighted by Gasteiger charge is 2.09. The maximum absolute atomic E-state index is 5.71. The lowest BCUT2D eigenvalue weighted by atomic mass is 10.1. The van der Waals surface area contributed by atoms with E-state index in [0.29, 0.717) is 0 Å². The number of hydrogen-bond donors (Lipinski definition) is 1. The van der Waals surface area contributed by atoms with Gasteiger partial charge < -0.3 is 10.1 Å². The van der Waals surface area contributed by atoms with Crippen molar-refractivity contribution in [1.29, 1.82) is 0 Å². The first-order valence-corrected chi connectivity index (χ1v) is 5.75. The lowest BCUT2D eigenvalue weighted by molar-refractivity contribution is 0.0625. The van der Waals surface area contributed by atoms with Crippen LogP contribution >= 0.6 is 0 Å². The molecule has 2 nitrogen and oxygen atoms in total. The molecule has 0 fully saturated rings. The smallest absolute Gasteiger partial charge is 0.0949 e. The summed E-state index contributed by atoms with van der Waals surface area (Å²) in [6, 6.07) is 10.4.